The molecule has 2 rings (SSSR count). The van der Waals surface area contributed by atoms with Crippen molar-refractivity contribution < 1.29 is 4.74 Å². The number of anilines is 1. The lowest BCUT2D eigenvalue weighted by Crippen LogP contribution is -2.24. The van der Waals surface area contributed by atoms with Crippen LogP contribution in [0.1, 0.15) is 6.42 Å². The van der Waals surface area contributed by atoms with E-state index in [-0.39, 0.29) is 11.1 Å². The van der Waals surface area contributed by atoms with Crippen LogP contribution in [0.3, 0.4) is 0 Å². The smallest absolute Gasteiger partial charge is 0.266 e. The standard InChI is InChI=1S/C13H16N4O3/c1-20-11-4-6-13(19)17(15-11)8-2-7-16-9-10(14)3-5-12(16)18/h3-6,9H,2,7-8,14H2,1H3. The fraction of sp³-hybridized carbons (Fsp3) is 0.308. The van der Waals surface area contributed by atoms with Crippen LogP contribution < -0.4 is 21.6 Å². The van der Waals surface area contributed by atoms with Gasteiger partial charge in [0.2, 0.25) is 5.88 Å². The average molecular weight is 276 g/mol. The Labute approximate surface area is 115 Å². The van der Waals surface area contributed by atoms with E-state index in [0.717, 1.165) is 0 Å². The van der Waals surface area contributed by atoms with E-state index in [4.69, 9.17) is 10.5 Å². The second-order valence-electron chi connectivity index (χ2n) is 4.28. The van der Waals surface area contributed by atoms with Crippen molar-refractivity contribution in [3.8, 4) is 5.88 Å². The Bertz CT molecular complexity index is 705. The molecule has 0 aromatic carbocycles. The van der Waals surface area contributed by atoms with Crippen molar-refractivity contribution >= 4 is 5.69 Å². The summed E-state index contributed by atoms with van der Waals surface area (Å²) in [5.74, 6) is 0.380. The van der Waals surface area contributed by atoms with Gasteiger partial charge in [-0.05, 0) is 12.5 Å². The molecule has 2 heterocycles. The molecule has 0 aliphatic rings. The molecule has 0 bridgehead atoms. The van der Waals surface area contributed by atoms with Gasteiger partial charge in [0.15, 0.2) is 0 Å². The molecule has 2 aromatic heterocycles. The van der Waals surface area contributed by atoms with Crippen molar-refractivity contribution in [2.24, 2.45) is 0 Å². The second-order valence-corrected chi connectivity index (χ2v) is 4.28. The topological polar surface area (TPSA) is 92.1 Å². The van der Waals surface area contributed by atoms with E-state index in [1.54, 1.807) is 12.3 Å². The van der Waals surface area contributed by atoms with Gasteiger partial charge in [0.05, 0.1) is 7.11 Å². The molecule has 0 saturated heterocycles. The number of nitrogens with zero attached hydrogens (tertiary/aromatic N) is 3. The summed E-state index contributed by atoms with van der Waals surface area (Å²) < 4.78 is 7.80. The largest absolute Gasteiger partial charge is 0.480 e. The highest BCUT2D eigenvalue weighted by molar-refractivity contribution is 5.33. The molecule has 2 aromatic rings. The Morgan fingerprint density at radius 3 is 2.65 bits per heavy atom. The van der Waals surface area contributed by atoms with Crippen LogP contribution in [0.2, 0.25) is 0 Å². The fourth-order valence-electron chi connectivity index (χ4n) is 1.81. The molecule has 0 amide bonds. The highest BCUT2D eigenvalue weighted by Gasteiger charge is 2.02. The zero-order valence-corrected chi connectivity index (χ0v) is 11.2. The molecule has 106 valence electrons. The van der Waals surface area contributed by atoms with Crippen LogP contribution in [0.25, 0.3) is 0 Å². The quantitative estimate of drug-likeness (QED) is 0.835. The van der Waals surface area contributed by atoms with E-state index < -0.39 is 0 Å². The third kappa shape index (κ3) is 3.25. The number of ether oxygens (including phenoxy) is 1. The van der Waals surface area contributed by atoms with E-state index in [1.807, 2.05) is 0 Å². The number of pyridine rings is 1. The minimum Gasteiger partial charge on any atom is -0.480 e. The third-order valence-electron chi connectivity index (χ3n) is 2.83. The van der Waals surface area contributed by atoms with Gasteiger partial charge >= 0.3 is 0 Å². The number of aryl methyl sites for hydroxylation is 2. The summed E-state index contributed by atoms with van der Waals surface area (Å²) in [6.07, 6.45) is 2.17. The molecule has 0 atom stereocenters. The lowest BCUT2D eigenvalue weighted by atomic mass is 10.3. The fourth-order valence-corrected chi connectivity index (χ4v) is 1.81. The molecule has 0 aliphatic heterocycles. The molecule has 0 saturated carbocycles. The number of methoxy groups -OCH3 is 1. The van der Waals surface area contributed by atoms with Crippen LogP contribution in [0.15, 0.2) is 40.1 Å². The molecule has 7 nitrogen and oxygen atoms in total. The minimum atomic E-state index is -0.203. The minimum absolute atomic E-state index is 0.120. The normalized spacial score (nSPS) is 10.4. The number of aromatic nitrogens is 3. The van der Waals surface area contributed by atoms with E-state index >= 15 is 0 Å². The molecule has 0 unspecified atom stereocenters. The summed E-state index contributed by atoms with van der Waals surface area (Å²) in [7, 11) is 1.49. The Morgan fingerprint density at radius 2 is 1.90 bits per heavy atom. The number of nitrogen functional groups attached to an aromatic ring is 1. The highest BCUT2D eigenvalue weighted by Crippen LogP contribution is 2.01. The van der Waals surface area contributed by atoms with Crippen molar-refractivity contribution in [2.45, 2.75) is 19.5 Å². The third-order valence-corrected chi connectivity index (χ3v) is 2.83. The lowest BCUT2D eigenvalue weighted by Gasteiger charge is -2.08. The maximum atomic E-state index is 11.6. The molecular formula is C13H16N4O3. The van der Waals surface area contributed by atoms with Crippen molar-refractivity contribution in [1.82, 2.24) is 14.3 Å². The maximum Gasteiger partial charge on any atom is 0.266 e. The molecule has 20 heavy (non-hydrogen) atoms. The van der Waals surface area contributed by atoms with Crippen LogP contribution in [0, 0.1) is 0 Å². The van der Waals surface area contributed by atoms with Crippen LogP contribution in [0.4, 0.5) is 5.69 Å². The first-order valence-electron chi connectivity index (χ1n) is 6.18. The summed E-state index contributed by atoms with van der Waals surface area (Å²) >= 11 is 0. The first-order chi connectivity index (χ1) is 9.60. The van der Waals surface area contributed by atoms with Gasteiger partial charge in [-0.3, -0.25) is 9.59 Å². The van der Waals surface area contributed by atoms with Crippen LogP contribution in [-0.4, -0.2) is 21.5 Å². The van der Waals surface area contributed by atoms with Gasteiger partial charge in [0.25, 0.3) is 11.1 Å². The predicted molar refractivity (Wildman–Crippen MR) is 74.8 cm³/mol. The molecule has 0 radical (unpaired) electrons. The first-order valence-corrected chi connectivity index (χ1v) is 6.18. The summed E-state index contributed by atoms with van der Waals surface area (Å²) in [5.41, 5.74) is 5.83. The van der Waals surface area contributed by atoms with Gasteiger partial charge in [-0.2, -0.15) is 0 Å². The Hall–Kier alpha value is -2.57. The number of rotatable bonds is 5. The van der Waals surface area contributed by atoms with Gasteiger partial charge in [0, 0.05) is 43.2 Å². The lowest BCUT2D eigenvalue weighted by molar-refractivity contribution is 0.371. The van der Waals surface area contributed by atoms with Crippen LogP contribution in [0.5, 0.6) is 5.88 Å². The van der Waals surface area contributed by atoms with Gasteiger partial charge in [-0.15, -0.1) is 5.10 Å². The highest BCUT2D eigenvalue weighted by atomic mass is 16.5. The Morgan fingerprint density at radius 1 is 1.15 bits per heavy atom. The summed E-state index contributed by atoms with van der Waals surface area (Å²) in [5, 5.41) is 4.03. The van der Waals surface area contributed by atoms with Crippen molar-refractivity contribution in [1.29, 1.82) is 0 Å². The second kappa shape index (κ2) is 6.05. The molecule has 2 N–H and O–H groups in total. The van der Waals surface area contributed by atoms with E-state index in [1.165, 1.54) is 34.6 Å². The molecular weight excluding hydrogens is 260 g/mol. The van der Waals surface area contributed by atoms with Crippen LogP contribution in [-0.2, 0) is 13.1 Å². The zero-order valence-electron chi connectivity index (χ0n) is 11.2. The van der Waals surface area contributed by atoms with Gasteiger partial charge in [-0.1, -0.05) is 0 Å². The van der Waals surface area contributed by atoms with E-state index in [0.29, 0.717) is 31.1 Å². The van der Waals surface area contributed by atoms with Gasteiger partial charge in [-0.25, -0.2) is 4.68 Å². The number of hydrogen-bond acceptors (Lipinski definition) is 5. The first kappa shape index (κ1) is 13.9. The maximum absolute atomic E-state index is 11.6. The van der Waals surface area contributed by atoms with Gasteiger partial charge < -0.3 is 15.0 Å². The van der Waals surface area contributed by atoms with E-state index in [9.17, 15) is 9.59 Å². The van der Waals surface area contributed by atoms with Gasteiger partial charge in [0.1, 0.15) is 0 Å². The number of nitrogens with two attached hydrogens (primary N) is 1. The molecule has 0 fully saturated rings. The number of hydrogen-bond donors (Lipinski definition) is 1. The Kier molecular flexibility index (Phi) is 4.19. The Balaban J connectivity index is 2.04. The van der Waals surface area contributed by atoms with Crippen molar-refractivity contribution in [2.75, 3.05) is 12.8 Å². The van der Waals surface area contributed by atoms with E-state index in [2.05, 4.69) is 5.10 Å². The monoisotopic (exact) mass is 276 g/mol. The summed E-state index contributed by atoms with van der Waals surface area (Å²) in [4.78, 5) is 23.2. The predicted octanol–water partition coefficient (Wildman–Crippen LogP) is 0.0861. The van der Waals surface area contributed by atoms with Crippen molar-refractivity contribution in [3.63, 3.8) is 0 Å². The van der Waals surface area contributed by atoms with Crippen LogP contribution >= 0.6 is 0 Å². The average Bonchev–Trinajstić information content (AvgIpc) is 2.44. The van der Waals surface area contributed by atoms with Crippen molar-refractivity contribution in [3.05, 3.63) is 51.2 Å². The zero-order chi connectivity index (χ0) is 14.5. The summed E-state index contributed by atoms with van der Waals surface area (Å²) in [6, 6.07) is 5.90. The molecule has 0 spiro atoms. The summed E-state index contributed by atoms with van der Waals surface area (Å²) in [6.45, 7) is 0.868. The SMILES string of the molecule is COc1ccc(=O)n(CCCn2cc(N)ccc2=O)n1. The molecule has 0 aliphatic carbocycles. The molecule has 7 heteroatoms.